The lowest BCUT2D eigenvalue weighted by molar-refractivity contribution is -0.384. The van der Waals surface area contributed by atoms with E-state index in [0.717, 1.165) is 17.0 Å². The zero-order valence-electron chi connectivity index (χ0n) is 12.3. The number of nitrogens with one attached hydrogen (secondary N) is 1. The van der Waals surface area contributed by atoms with E-state index in [1.165, 1.54) is 24.3 Å². The van der Waals surface area contributed by atoms with Crippen LogP contribution in [0.15, 0.2) is 51.1 Å². The van der Waals surface area contributed by atoms with Gasteiger partial charge in [0.15, 0.2) is 4.67 Å². The Hall–Kier alpha value is -3.27. The van der Waals surface area contributed by atoms with E-state index in [9.17, 15) is 24.5 Å². The summed E-state index contributed by atoms with van der Waals surface area (Å²) in [6.07, 6.45) is 1.20. The van der Waals surface area contributed by atoms with Gasteiger partial charge in [-0.25, -0.2) is 9.69 Å². The molecule has 0 saturated carbocycles. The first-order valence-corrected chi connectivity index (χ1v) is 7.57. The van der Waals surface area contributed by atoms with Gasteiger partial charge in [-0.05, 0) is 46.3 Å². The number of barbiturate groups is 1. The minimum atomic E-state index is -0.943. The number of furan rings is 1. The normalized spacial score (nSPS) is 16.3. The molecule has 1 aliphatic rings. The molecular weight excluding hydrogens is 398 g/mol. The van der Waals surface area contributed by atoms with Gasteiger partial charge in [-0.1, -0.05) is 0 Å². The van der Waals surface area contributed by atoms with Crippen LogP contribution in [-0.2, 0) is 9.59 Å². The van der Waals surface area contributed by atoms with E-state index in [4.69, 9.17) is 4.42 Å². The number of nitro groups is 1. The maximum absolute atomic E-state index is 12.6. The number of imide groups is 2. The molecule has 2 aromatic rings. The van der Waals surface area contributed by atoms with Crippen molar-refractivity contribution in [1.29, 1.82) is 0 Å². The standard InChI is InChI=1S/C15H8BrN3O6/c16-12-6-5-10(25-12)7-11-13(20)17-15(22)18(14(11)21)8-1-3-9(4-2-8)19(23)24/h1-7H,(H,17,20,22)/b11-7+. The second kappa shape index (κ2) is 6.32. The molecule has 0 spiro atoms. The smallest absolute Gasteiger partial charge is 0.335 e. The van der Waals surface area contributed by atoms with Gasteiger partial charge in [0.1, 0.15) is 11.3 Å². The lowest BCUT2D eigenvalue weighted by Gasteiger charge is -2.26. The number of non-ortho nitro benzene ring substituents is 1. The number of anilines is 1. The van der Waals surface area contributed by atoms with Gasteiger partial charge in [0.2, 0.25) is 0 Å². The van der Waals surface area contributed by atoms with E-state index in [1.807, 2.05) is 5.32 Å². The first-order valence-electron chi connectivity index (χ1n) is 6.78. The molecule has 0 unspecified atom stereocenters. The Bertz CT molecular complexity index is 931. The summed E-state index contributed by atoms with van der Waals surface area (Å²) in [6, 6.07) is 6.96. The Kier molecular flexibility index (Phi) is 4.19. The van der Waals surface area contributed by atoms with Crippen LogP contribution in [0.5, 0.6) is 0 Å². The number of rotatable bonds is 3. The van der Waals surface area contributed by atoms with Crippen molar-refractivity contribution < 1.29 is 23.7 Å². The summed E-state index contributed by atoms with van der Waals surface area (Å²) in [4.78, 5) is 47.3. The number of urea groups is 1. The number of amides is 4. The second-order valence-electron chi connectivity index (χ2n) is 4.87. The van der Waals surface area contributed by atoms with Gasteiger partial charge in [-0.15, -0.1) is 0 Å². The van der Waals surface area contributed by atoms with Crippen LogP contribution in [0.2, 0.25) is 0 Å². The first-order chi connectivity index (χ1) is 11.9. The quantitative estimate of drug-likeness (QED) is 0.362. The van der Waals surface area contributed by atoms with E-state index >= 15 is 0 Å². The Morgan fingerprint density at radius 2 is 1.80 bits per heavy atom. The van der Waals surface area contributed by atoms with Crippen molar-refractivity contribution in [2.45, 2.75) is 0 Å². The average molecular weight is 406 g/mol. The third-order valence-corrected chi connectivity index (χ3v) is 3.73. The second-order valence-corrected chi connectivity index (χ2v) is 5.65. The predicted molar refractivity (Wildman–Crippen MR) is 88.5 cm³/mol. The number of nitrogens with zero attached hydrogens (tertiary/aromatic N) is 2. The summed E-state index contributed by atoms with van der Waals surface area (Å²) in [5, 5.41) is 12.7. The zero-order valence-corrected chi connectivity index (χ0v) is 13.8. The number of hydrogen-bond donors (Lipinski definition) is 1. The third kappa shape index (κ3) is 3.19. The van der Waals surface area contributed by atoms with Crippen molar-refractivity contribution in [3.05, 3.63) is 62.5 Å². The van der Waals surface area contributed by atoms with Crippen LogP contribution in [0.4, 0.5) is 16.2 Å². The summed E-state index contributed by atoms with van der Waals surface area (Å²) in [5.41, 5.74) is -0.409. The highest BCUT2D eigenvalue weighted by Gasteiger charge is 2.37. The van der Waals surface area contributed by atoms with Crippen LogP contribution in [0, 0.1) is 10.1 Å². The van der Waals surface area contributed by atoms with E-state index in [1.54, 1.807) is 6.07 Å². The summed E-state index contributed by atoms with van der Waals surface area (Å²) >= 11 is 3.10. The van der Waals surface area contributed by atoms with E-state index < -0.39 is 22.8 Å². The SMILES string of the molecule is O=C1NC(=O)N(c2ccc([N+](=O)[O-])cc2)C(=O)/C1=C/c1ccc(Br)o1. The number of carbonyl (C=O) groups excluding carboxylic acids is 3. The fourth-order valence-corrected chi connectivity index (χ4v) is 2.48. The number of hydrogen-bond acceptors (Lipinski definition) is 6. The zero-order chi connectivity index (χ0) is 18.1. The predicted octanol–water partition coefficient (Wildman–Crippen LogP) is 2.62. The van der Waals surface area contributed by atoms with Crippen molar-refractivity contribution in [3.63, 3.8) is 0 Å². The molecule has 0 aliphatic carbocycles. The minimum Gasteiger partial charge on any atom is -0.450 e. The molecule has 1 aliphatic heterocycles. The first kappa shape index (κ1) is 16.6. The van der Waals surface area contributed by atoms with Crippen molar-refractivity contribution in [1.82, 2.24) is 5.32 Å². The van der Waals surface area contributed by atoms with Crippen LogP contribution in [0.3, 0.4) is 0 Å². The van der Waals surface area contributed by atoms with E-state index in [2.05, 4.69) is 15.9 Å². The van der Waals surface area contributed by atoms with Crippen molar-refractivity contribution >= 4 is 51.2 Å². The number of nitro benzene ring substituents is 1. The molecule has 1 saturated heterocycles. The molecule has 10 heteroatoms. The number of carbonyl (C=O) groups is 3. The van der Waals surface area contributed by atoms with E-state index in [0.29, 0.717) is 4.67 Å². The molecular formula is C15H8BrN3O6. The van der Waals surface area contributed by atoms with Crippen molar-refractivity contribution in [3.8, 4) is 0 Å². The largest absolute Gasteiger partial charge is 0.450 e. The molecule has 1 N–H and O–H groups in total. The molecule has 3 rings (SSSR count). The van der Waals surface area contributed by atoms with Crippen molar-refractivity contribution in [2.24, 2.45) is 0 Å². The van der Waals surface area contributed by atoms with Gasteiger partial charge >= 0.3 is 6.03 Å². The highest BCUT2D eigenvalue weighted by molar-refractivity contribution is 9.10. The Labute approximate surface area is 148 Å². The molecule has 1 aromatic carbocycles. The minimum absolute atomic E-state index is 0.0899. The summed E-state index contributed by atoms with van der Waals surface area (Å²) < 4.78 is 5.63. The summed E-state index contributed by atoms with van der Waals surface area (Å²) in [6.45, 7) is 0. The van der Waals surface area contributed by atoms with Gasteiger partial charge in [0.05, 0.1) is 10.6 Å². The Balaban J connectivity index is 1.98. The van der Waals surface area contributed by atoms with Gasteiger partial charge in [0.25, 0.3) is 17.5 Å². The molecule has 4 amide bonds. The van der Waals surface area contributed by atoms with Gasteiger partial charge < -0.3 is 4.42 Å². The van der Waals surface area contributed by atoms with Gasteiger partial charge in [0, 0.05) is 12.1 Å². The van der Waals surface area contributed by atoms with E-state index in [-0.39, 0.29) is 22.7 Å². The molecule has 2 heterocycles. The third-order valence-electron chi connectivity index (χ3n) is 3.30. The molecule has 0 radical (unpaired) electrons. The van der Waals surface area contributed by atoms with Crippen LogP contribution in [0.1, 0.15) is 5.76 Å². The summed E-state index contributed by atoms with van der Waals surface area (Å²) in [7, 11) is 0. The monoisotopic (exact) mass is 405 g/mol. The van der Waals surface area contributed by atoms with Crippen LogP contribution < -0.4 is 10.2 Å². The molecule has 25 heavy (non-hydrogen) atoms. The Morgan fingerprint density at radius 3 is 2.36 bits per heavy atom. The van der Waals surface area contributed by atoms with Gasteiger partial charge in [-0.2, -0.15) is 0 Å². The Morgan fingerprint density at radius 1 is 1.12 bits per heavy atom. The van der Waals surface area contributed by atoms with Crippen LogP contribution in [-0.4, -0.2) is 22.8 Å². The highest BCUT2D eigenvalue weighted by atomic mass is 79.9. The maximum Gasteiger partial charge on any atom is 0.335 e. The summed E-state index contributed by atoms with van der Waals surface area (Å²) in [5.74, 6) is -1.49. The number of halogens is 1. The maximum atomic E-state index is 12.6. The lowest BCUT2D eigenvalue weighted by atomic mass is 10.1. The lowest BCUT2D eigenvalue weighted by Crippen LogP contribution is -2.54. The van der Waals surface area contributed by atoms with Crippen LogP contribution >= 0.6 is 15.9 Å². The van der Waals surface area contributed by atoms with Gasteiger partial charge in [-0.3, -0.25) is 25.0 Å². The van der Waals surface area contributed by atoms with Crippen molar-refractivity contribution in [2.75, 3.05) is 4.90 Å². The molecule has 0 atom stereocenters. The molecule has 0 bridgehead atoms. The molecule has 1 fully saturated rings. The average Bonchev–Trinajstić information content (AvgIpc) is 2.97. The molecule has 1 aromatic heterocycles. The fraction of sp³-hybridized carbons (Fsp3) is 0. The highest BCUT2D eigenvalue weighted by Crippen LogP contribution is 2.25. The molecule has 126 valence electrons. The fourth-order valence-electron chi connectivity index (χ4n) is 2.16. The topological polar surface area (TPSA) is 123 Å². The van der Waals surface area contributed by atoms with Crippen LogP contribution in [0.25, 0.3) is 6.08 Å². The number of benzene rings is 1. The molecule has 9 nitrogen and oxygen atoms in total.